The first-order chi connectivity index (χ1) is 16.1. The molecule has 2 fully saturated rings. The average molecular weight is 447 g/mol. The molecule has 176 valence electrons. The van der Waals surface area contributed by atoms with Crippen molar-refractivity contribution in [2.24, 2.45) is 21.9 Å². The first-order valence-corrected chi connectivity index (χ1v) is 12.2. The Labute approximate surface area is 199 Å². The molecule has 0 spiro atoms. The minimum absolute atomic E-state index is 0.442. The van der Waals surface area contributed by atoms with Gasteiger partial charge in [0.2, 0.25) is 0 Å². The van der Waals surface area contributed by atoms with E-state index in [4.69, 9.17) is 10.5 Å². The Bertz CT molecular complexity index is 889. The van der Waals surface area contributed by atoms with Crippen LogP contribution in [0, 0.1) is 11.8 Å². The van der Waals surface area contributed by atoms with Crippen molar-refractivity contribution in [2.75, 3.05) is 0 Å². The van der Waals surface area contributed by atoms with E-state index in [-0.39, 0.29) is 0 Å². The molecule has 33 heavy (non-hydrogen) atoms. The van der Waals surface area contributed by atoms with E-state index >= 15 is 0 Å². The van der Waals surface area contributed by atoms with Crippen molar-refractivity contribution >= 4 is 11.5 Å². The molecule has 2 atom stereocenters. The van der Waals surface area contributed by atoms with Gasteiger partial charge in [0.25, 0.3) is 0 Å². The maximum absolute atomic E-state index is 10.7. The summed E-state index contributed by atoms with van der Waals surface area (Å²) in [7, 11) is 0. The maximum Gasteiger partial charge on any atom is 0.133 e. The number of rotatable bonds is 4. The van der Waals surface area contributed by atoms with E-state index in [1.807, 2.05) is 30.3 Å². The highest BCUT2D eigenvalue weighted by Gasteiger charge is 2.14. The highest BCUT2D eigenvalue weighted by molar-refractivity contribution is 5.85. The van der Waals surface area contributed by atoms with Gasteiger partial charge in [-0.2, -0.15) is 0 Å². The summed E-state index contributed by atoms with van der Waals surface area (Å²) in [6.45, 7) is 5.79. The summed E-state index contributed by atoms with van der Waals surface area (Å²) < 4.78 is 0. The van der Waals surface area contributed by atoms with Crippen LogP contribution in [0.2, 0.25) is 0 Å². The molecule has 5 nitrogen and oxygen atoms in total. The highest BCUT2D eigenvalue weighted by atomic mass is 16.1. The molecule has 0 aromatic heterocycles. The van der Waals surface area contributed by atoms with Gasteiger partial charge in [-0.3, -0.25) is 9.79 Å². The molecule has 0 aliphatic heterocycles. The molecule has 0 saturated heterocycles. The lowest BCUT2D eigenvalue weighted by atomic mass is 9.89. The van der Waals surface area contributed by atoms with Crippen molar-refractivity contribution in [2.45, 2.75) is 78.3 Å². The number of aliphatic imine (C=N–C) groups is 1. The van der Waals surface area contributed by atoms with Crippen molar-refractivity contribution < 1.29 is 4.79 Å². The molecule has 0 amide bonds. The molecule has 0 N–H and O–H groups in total. The molecule has 2 saturated carbocycles. The van der Waals surface area contributed by atoms with E-state index in [9.17, 15) is 4.79 Å². The van der Waals surface area contributed by atoms with Crippen molar-refractivity contribution in [1.82, 2.24) is 0 Å². The monoisotopic (exact) mass is 446 g/mol. The first-order valence-electron chi connectivity index (χ1n) is 12.2. The van der Waals surface area contributed by atoms with E-state index in [0.29, 0.717) is 18.2 Å². The number of Topliss-reactive ketones (excluding diaryl/α,β-unsaturated/α-hetero) is 1. The quantitative estimate of drug-likeness (QED) is 0.265. The van der Waals surface area contributed by atoms with Crippen LogP contribution in [0.3, 0.4) is 0 Å². The second-order valence-electron chi connectivity index (χ2n) is 9.18. The summed E-state index contributed by atoms with van der Waals surface area (Å²) in [5.41, 5.74) is 11.8. The fourth-order valence-corrected chi connectivity index (χ4v) is 4.13. The molecule has 2 aliphatic carbocycles. The molecule has 2 aliphatic rings. The predicted molar refractivity (Wildman–Crippen MR) is 137 cm³/mol. The second-order valence-corrected chi connectivity index (χ2v) is 9.18. The van der Waals surface area contributed by atoms with Gasteiger partial charge in [-0.05, 0) is 67.0 Å². The third-order valence-corrected chi connectivity index (χ3v) is 5.96. The molecule has 0 bridgehead atoms. The largest absolute Gasteiger partial charge is 0.300 e. The van der Waals surface area contributed by atoms with Crippen LogP contribution in [0.25, 0.3) is 10.4 Å². The van der Waals surface area contributed by atoms with Gasteiger partial charge in [0.15, 0.2) is 0 Å². The fraction of sp³-hybridized carbons (Fsp3) is 0.500. The lowest BCUT2D eigenvalue weighted by molar-refractivity contribution is -0.121. The zero-order valence-corrected chi connectivity index (χ0v) is 20.2. The van der Waals surface area contributed by atoms with Crippen molar-refractivity contribution in [3.05, 3.63) is 82.2 Å². The first kappa shape index (κ1) is 26.3. The number of ketones is 1. The Morgan fingerprint density at radius 1 is 0.818 bits per heavy atom. The van der Waals surface area contributed by atoms with E-state index in [0.717, 1.165) is 37.3 Å². The van der Waals surface area contributed by atoms with Gasteiger partial charge >= 0.3 is 0 Å². The smallest absolute Gasteiger partial charge is 0.133 e. The molecule has 2 aromatic rings. The van der Waals surface area contributed by atoms with Crippen LogP contribution in [0.1, 0.15) is 76.3 Å². The second kappa shape index (κ2) is 15.8. The average Bonchev–Trinajstić information content (AvgIpc) is 2.83. The number of nitrogens with zero attached hydrogens (tertiary/aromatic N) is 4. The Hall–Kier alpha value is -2.91. The van der Waals surface area contributed by atoms with E-state index in [1.54, 1.807) is 0 Å². The molecule has 2 aromatic carbocycles. The molecule has 0 radical (unpaired) electrons. The number of benzene rings is 2. The predicted octanol–water partition coefficient (Wildman–Crippen LogP) is 8.10. The van der Waals surface area contributed by atoms with Crippen LogP contribution < -0.4 is 0 Å². The maximum atomic E-state index is 10.7. The molecular formula is C28H38N4O. The lowest BCUT2D eigenvalue weighted by Gasteiger charge is -2.19. The zero-order valence-electron chi connectivity index (χ0n) is 20.2. The van der Waals surface area contributed by atoms with Gasteiger partial charge in [0, 0.05) is 23.5 Å². The third kappa shape index (κ3) is 12.1. The minimum atomic E-state index is 0.442. The SMILES string of the molecule is CC1CCCC(=NCc2ccccc2)C1.CC1CCCC(=O)C1.[N-]=[N+]=NCc1ccccc1. The zero-order chi connectivity index (χ0) is 23.7. The Kier molecular flexibility index (Phi) is 12.6. The Morgan fingerprint density at radius 3 is 1.85 bits per heavy atom. The van der Waals surface area contributed by atoms with Gasteiger partial charge < -0.3 is 0 Å². The lowest BCUT2D eigenvalue weighted by Crippen LogP contribution is -2.12. The summed E-state index contributed by atoms with van der Waals surface area (Å²) >= 11 is 0. The minimum Gasteiger partial charge on any atom is -0.300 e. The number of azide groups is 1. The van der Waals surface area contributed by atoms with Gasteiger partial charge in [0.1, 0.15) is 5.78 Å². The summed E-state index contributed by atoms with van der Waals surface area (Å²) in [6, 6.07) is 20.1. The van der Waals surface area contributed by atoms with Crippen molar-refractivity contribution in [3.63, 3.8) is 0 Å². The molecule has 2 unspecified atom stereocenters. The molecule has 5 heteroatoms. The van der Waals surface area contributed by atoms with Gasteiger partial charge in [0.05, 0.1) is 13.1 Å². The highest BCUT2D eigenvalue weighted by Crippen LogP contribution is 2.22. The normalized spacial score (nSPS) is 21.0. The van der Waals surface area contributed by atoms with E-state index in [1.165, 1.54) is 43.4 Å². The standard InChI is InChI=1S/C14H19N.C7H7N3.C7H12O/c1-12-6-5-9-14(10-12)15-11-13-7-3-2-4-8-13;8-10-9-6-7-4-2-1-3-5-7;1-6-3-2-4-7(8)5-6/h2-4,7-8,12H,5-6,9-11H2,1H3;1-5H,6H2;6H,2-5H2,1H3. The van der Waals surface area contributed by atoms with E-state index in [2.05, 4.69) is 54.2 Å². The Morgan fingerprint density at radius 2 is 1.36 bits per heavy atom. The van der Waals surface area contributed by atoms with Crippen LogP contribution >= 0.6 is 0 Å². The third-order valence-electron chi connectivity index (χ3n) is 5.96. The number of carbonyl (C=O) groups excluding carboxylic acids is 1. The molecule has 4 rings (SSSR count). The van der Waals surface area contributed by atoms with Crippen LogP contribution in [0.5, 0.6) is 0 Å². The van der Waals surface area contributed by atoms with Crippen LogP contribution in [-0.4, -0.2) is 11.5 Å². The van der Waals surface area contributed by atoms with Gasteiger partial charge in [-0.25, -0.2) is 0 Å². The van der Waals surface area contributed by atoms with Crippen LogP contribution in [0.4, 0.5) is 0 Å². The fourth-order valence-electron chi connectivity index (χ4n) is 4.13. The summed E-state index contributed by atoms with van der Waals surface area (Å²) in [5, 5.41) is 3.42. The van der Waals surface area contributed by atoms with Crippen LogP contribution in [-0.2, 0) is 17.9 Å². The summed E-state index contributed by atoms with van der Waals surface area (Å²) in [6.07, 6.45) is 9.19. The number of carbonyl (C=O) groups is 1. The van der Waals surface area contributed by atoms with Crippen molar-refractivity contribution in [3.8, 4) is 0 Å². The molecule has 0 heterocycles. The van der Waals surface area contributed by atoms with E-state index < -0.39 is 0 Å². The topological polar surface area (TPSA) is 78.2 Å². The summed E-state index contributed by atoms with van der Waals surface area (Å²) in [5.74, 6) is 1.97. The Balaban J connectivity index is 0.000000186. The summed E-state index contributed by atoms with van der Waals surface area (Å²) in [4.78, 5) is 18.0. The van der Waals surface area contributed by atoms with Crippen molar-refractivity contribution in [1.29, 1.82) is 0 Å². The molecular weight excluding hydrogens is 408 g/mol. The number of hydrogen-bond donors (Lipinski definition) is 0. The number of hydrogen-bond acceptors (Lipinski definition) is 3. The van der Waals surface area contributed by atoms with Gasteiger partial charge in [-0.15, -0.1) is 0 Å². The van der Waals surface area contributed by atoms with Gasteiger partial charge in [-0.1, -0.05) is 79.6 Å². The van der Waals surface area contributed by atoms with Crippen LogP contribution in [0.15, 0.2) is 70.8 Å².